The number of rotatable bonds is 7. The number of aryl methyl sites for hydroxylation is 2. The molecule has 6 nitrogen and oxygen atoms in total. The summed E-state index contributed by atoms with van der Waals surface area (Å²) < 4.78 is 6.90. The number of halogens is 1. The number of amides is 1. The number of anilines is 1. The van der Waals surface area contributed by atoms with Crippen molar-refractivity contribution in [2.24, 2.45) is 0 Å². The maximum Gasteiger partial charge on any atom is 0.263 e. The summed E-state index contributed by atoms with van der Waals surface area (Å²) in [5, 5.41) is 4.58. The van der Waals surface area contributed by atoms with Crippen LogP contribution in [-0.4, -0.2) is 28.3 Å². The van der Waals surface area contributed by atoms with Crippen LogP contribution >= 0.6 is 34.7 Å². The number of methoxy groups -OCH3 is 1. The van der Waals surface area contributed by atoms with Crippen molar-refractivity contribution in [3.8, 4) is 5.75 Å². The summed E-state index contributed by atoms with van der Waals surface area (Å²) in [6.07, 6.45) is 7.05. The Hall–Kier alpha value is -2.29. The van der Waals surface area contributed by atoms with Gasteiger partial charge in [0.05, 0.1) is 23.9 Å². The number of benzene rings is 1. The largest absolute Gasteiger partial charge is 0.495 e. The zero-order chi connectivity index (χ0) is 22.7. The Morgan fingerprint density at radius 1 is 1.38 bits per heavy atom. The van der Waals surface area contributed by atoms with Gasteiger partial charge in [0.25, 0.3) is 5.56 Å². The minimum Gasteiger partial charge on any atom is -0.495 e. The number of fused-ring (bicyclic) bond motifs is 3. The van der Waals surface area contributed by atoms with Gasteiger partial charge in [-0.3, -0.25) is 14.2 Å². The van der Waals surface area contributed by atoms with Gasteiger partial charge in [0.2, 0.25) is 5.91 Å². The number of allylic oxidation sites excluding steroid dienone is 1. The fourth-order valence-corrected chi connectivity index (χ4v) is 6.17. The molecule has 1 amide bonds. The first-order valence-corrected chi connectivity index (χ1v) is 12.6. The second-order valence-electron chi connectivity index (χ2n) is 7.52. The van der Waals surface area contributed by atoms with Crippen molar-refractivity contribution in [3.05, 3.63) is 56.7 Å². The predicted octanol–water partition coefficient (Wildman–Crippen LogP) is 5.31. The number of thioether (sulfide) groups is 1. The summed E-state index contributed by atoms with van der Waals surface area (Å²) in [6, 6.07) is 5.03. The summed E-state index contributed by atoms with van der Waals surface area (Å²) in [4.78, 5) is 32.8. The summed E-state index contributed by atoms with van der Waals surface area (Å²) in [6.45, 7) is 4.13. The summed E-state index contributed by atoms with van der Waals surface area (Å²) >= 11 is 8.90. The van der Waals surface area contributed by atoms with Crippen LogP contribution in [0, 0.1) is 0 Å². The Morgan fingerprint density at radius 2 is 2.19 bits per heavy atom. The molecule has 0 unspecified atom stereocenters. The van der Waals surface area contributed by atoms with Crippen molar-refractivity contribution in [1.29, 1.82) is 0 Å². The van der Waals surface area contributed by atoms with Gasteiger partial charge in [-0.25, -0.2) is 4.98 Å². The second-order valence-corrected chi connectivity index (χ2v) is 9.99. The van der Waals surface area contributed by atoms with Gasteiger partial charge in [0.15, 0.2) is 5.16 Å². The zero-order valence-electron chi connectivity index (χ0n) is 17.8. The van der Waals surface area contributed by atoms with E-state index in [0.717, 1.165) is 35.9 Å². The van der Waals surface area contributed by atoms with Crippen LogP contribution in [0.1, 0.15) is 29.7 Å². The number of ether oxygens (including phenoxy) is 1. The molecule has 2 aromatic heterocycles. The molecule has 0 atom stereocenters. The Kier molecular flexibility index (Phi) is 7.23. The van der Waals surface area contributed by atoms with Crippen LogP contribution in [0.2, 0.25) is 5.02 Å². The molecule has 1 N–H and O–H groups in total. The molecule has 0 spiro atoms. The first kappa shape index (κ1) is 22.9. The van der Waals surface area contributed by atoms with Gasteiger partial charge in [-0.2, -0.15) is 0 Å². The van der Waals surface area contributed by atoms with E-state index in [1.807, 2.05) is 0 Å². The summed E-state index contributed by atoms with van der Waals surface area (Å²) in [7, 11) is 1.53. The highest BCUT2D eigenvalue weighted by molar-refractivity contribution is 7.99. The highest BCUT2D eigenvalue weighted by Gasteiger charge is 2.21. The molecule has 9 heteroatoms. The van der Waals surface area contributed by atoms with E-state index in [1.165, 1.54) is 35.7 Å². The minimum atomic E-state index is -0.239. The van der Waals surface area contributed by atoms with Crippen molar-refractivity contribution in [1.82, 2.24) is 9.55 Å². The predicted molar refractivity (Wildman–Crippen MR) is 133 cm³/mol. The molecule has 0 aliphatic heterocycles. The number of carbonyl (C=O) groups excluding carboxylic acids is 1. The van der Waals surface area contributed by atoms with Gasteiger partial charge >= 0.3 is 0 Å². The molecule has 1 aliphatic rings. The lowest BCUT2D eigenvalue weighted by atomic mass is 10.1. The van der Waals surface area contributed by atoms with Crippen molar-refractivity contribution in [2.45, 2.75) is 43.8 Å². The van der Waals surface area contributed by atoms with Crippen LogP contribution in [0.15, 0.2) is 40.8 Å². The summed E-state index contributed by atoms with van der Waals surface area (Å²) in [5.41, 5.74) is 1.62. The normalized spacial score (nSPS) is 13.4. The Morgan fingerprint density at radius 3 is 2.97 bits per heavy atom. The first-order valence-electron chi connectivity index (χ1n) is 10.4. The van der Waals surface area contributed by atoms with Crippen molar-refractivity contribution >= 4 is 56.5 Å². The third kappa shape index (κ3) is 4.72. The van der Waals surface area contributed by atoms with Crippen molar-refractivity contribution in [2.75, 3.05) is 18.2 Å². The van der Waals surface area contributed by atoms with Crippen LogP contribution in [0.4, 0.5) is 5.69 Å². The molecule has 0 radical (unpaired) electrons. The molecule has 0 saturated carbocycles. The zero-order valence-corrected chi connectivity index (χ0v) is 20.2. The third-order valence-electron chi connectivity index (χ3n) is 5.37. The van der Waals surface area contributed by atoms with E-state index < -0.39 is 0 Å². The van der Waals surface area contributed by atoms with Gasteiger partial charge in [-0.15, -0.1) is 17.9 Å². The van der Waals surface area contributed by atoms with E-state index in [2.05, 4.69) is 11.9 Å². The van der Waals surface area contributed by atoms with E-state index in [4.69, 9.17) is 21.3 Å². The minimum absolute atomic E-state index is 0.0475. The number of thiophene rings is 1. The highest BCUT2D eigenvalue weighted by atomic mass is 35.5. The van der Waals surface area contributed by atoms with Crippen LogP contribution < -0.4 is 15.6 Å². The van der Waals surface area contributed by atoms with Gasteiger partial charge in [-0.1, -0.05) is 35.9 Å². The number of carbonyl (C=O) groups is 1. The van der Waals surface area contributed by atoms with Gasteiger partial charge < -0.3 is 10.1 Å². The quantitative estimate of drug-likeness (QED) is 0.211. The number of hydrogen-bond acceptors (Lipinski definition) is 6. The monoisotopic (exact) mass is 489 g/mol. The van der Waals surface area contributed by atoms with Crippen LogP contribution in [0.25, 0.3) is 10.2 Å². The third-order valence-corrected chi connectivity index (χ3v) is 7.77. The lowest BCUT2D eigenvalue weighted by molar-refractivity contribution is -0.113. The van der Waals surface area contributed by atoms with E-state index in [0.29, 0.717) is 28.2 Å². The smallest absolute Gasteiger partial charge is 0.263 e. The van der Waals surface area contributed by atoms with Crippen molar-refractivity contribution < 1.29 is 9.53 Å². The average Bonchev–Trinajstić information content (AvgIpc) is 2.96. The standard InChI is InChI=1S/C23H24ClN3O3S2/c1-3-11-27-22(29)20-15-7-5-4-6-8-18(15)32-21(20)26-23(27)31-13-19(28)25-16-12-14(24)9-10-17(16)30-2/h3,9-10,12H,1,4-8,11,13H2,2H3,(H,25,28). The van der Waals surface area contributed by atoms with Crippen LogP contribution in [0.5, 0.6) is 5.75 Å². The first-order chi connectivity index (χ1) is 15.5. The fourth-order valence-electron chi connectivity index (χ4n) is 3.89. The molecule has 0 saturated heterocycles. The number of nitrogens with zero attached hydrogens (tertiary/aromatic N) is 2. The molecule has 3 aromatic rings. The Balaban J connectivity index is 1.60. The lowest BCUT2D eigenvalue weighted by Gasteiger charge is -2.12. The maximum atomic E-state index is 13.4. The van der Waals surface area contributed by atoms with E-state index in [-0.39, 0.29) is 17.2 Å². The number of aromatic nitrogens is 2. The molecule has 168 valence electrons. The molecule has 4 rings (SSSR count). The van der Waals surface area contributed by atoms with Crippen LogP contribution in [0.3, 0.4) is 0 Å². The average molecular weight is 490 g/mol. The van der Waals surface area contributed by atoms with E-state index >= 15 is 0 Å². The molecule has 0 bridgehead atoms. The fraction of sp³-hybridized carbons (Fsp3) is 0.348. The van der Waals surface area contributed by atoms with Gasteiger partial charge in [0, 0.05) is 16.4 Å². The SMILES string of the molecule is C=CCn1c(SCC(=O)Nc2cc(Cl)ccc2OC)nc2sc3c(c2c1=O)CCCCC3. The number of nitrogens with one attached hydrogen (secondary N) is 1. The number of hydrogen-bond donors (Lipinski definition) is 1. The van der Waals surface area contributed by atoms with Crippen LogP contribution in [-0.2, 0) is 24.2 Å². The topological polar surface area (TPSA) is 73.2 Å². The molecule has 0 fully saturated rings. The highest BCUT2D eigenvalue weighted by Crippen LogP contribution is 2.34. The summed E-state index contributed by atoms with van der Waals surface area (Å²) in [5.74, 6) is 0.378. The Bertz CT molecular complexity index is 1240. The maximum absolute atomic E-state index is 13.4. The lowest BCUT2D eigenvalue weighted by Crippen LogP contribution is -2.24. The molecule has 32 heavy (non-hydrogen) atoms. The second kappa shape index (κ2) is 10.1. The van der Waals surface area contributed by atoms with E-state index in [9.17, 15) is 9.59 Å². The van der Waals surface area contributed by atoms with Gasteiger partial charge in [0.1, 0.15) is 10.6 Å². The van der Waals surface area contributed by atoms with Gasteiger partial charge in [-0.05, 0) is 49.4 Å². The Labute approximate surface area is 199 Å². The molecule has 1 aromatic carbocycles. The molecular weight excluding hydrogens is 466 g/mol. The molecule has 2 heterocycles. The molecule has 1 aliphatic carbocycles. The van der Waals surface area contributed by atoms with E-state index in [1.54, 1.807) is 40.2 Å². The molecular formula is C23H24ClN3O3S2. The van der Waals surface area contributed by atoms with Crippen molar-refractivity contribution in [3.63, 3.8) is 0 Å².